The third-order valence-corrected chi connectivity index (χ3v) is 2.23. The van der Waals surface area contributed by atoms with E-state index in [0.717, 1.165) is 0 Å². The second-order valence-corrected chi connectivity index (χ2v) is 3.27. The average molecular weight is 173 g/mol. The highest BCUT2D eigenvalue weighted by molar-refractivity contribution is 6.20. The fraction of sp³-hybridized carbons (Fsp3) is 1.00. The molecule has 4 heteroatoms. The second kappa shape index (κ2) is 2.61. The van der Waals surface area contributed by atoms with E-state index in [0.29, 0.717) is 6.42 Å². The summed E-state index contributed by atoms with van der Waals surface area (Å²) >= 11 is 5.51. The molecule has 0 saturated heterocycles. The van der Waals surface area contributed by atoms with Crippen molar-refractivity contribution in [2.24, 2.45) is 5.92 Å². The smallest absolute Gasteiger partial charge is 0.171 e. The maximum absolute atomic E-state index is 11.9. The highest BCUT2D eigenvalue weighted by Gasteiger charge is 2.43. The van der Waals surface area contributed by atoms with Crippen LogP contribution in [0.2, 0.25) is 0 Å². The van der Waals surface area contributed by atoms with Gasteiger partial charge in [0.15, 0.2) is 0 Å². The molecule has 1 fully saturated rings. The lowest BCUT2D eigenvalue weighted by Crippen LogP contribution is -2.19. The third kappa shape index (κ3) is 1.78. The first-order chi connectivity index (χ1) is 4.50. The van der Waals surface area contributed by atoms with Crippen LogP contribution in [-0.4, -0.2) is 11.6 Å². The zero-order valence-electron chi connectivity index (χ0n) is 5.29. The topological polar surface area (TPSA) is 0 Å². The largest absolute Gasteiger partial charge is 0.391 e. The molecule has 10 heavy (non-hydrogen) atoms. The third-order valence-electron chi connectivity index (χ3n) is 1.83. The molecule has 0 spiro atoms. The monoisotopic (exact) mass is 172 g/mol. The second-order valence-electron chi connectivity index (χ2n) is 2.65. The van der Waals surface area contributed by atoms with E-state index in [1.54, 1.807) is 0 Å². The molecule has 1 saturated carbocycles. The van der Waals surface area contributed by atoms with Crippen molar-refractivity contribution in [2.45, 2.75) is 30.8 Å². The number of alkyl halides is 4. The van der Waals surface area contributed by atoms with Crippen LogP contribution in [0.5, 0.6) is 0 Å². The minimum atomic E-state index is -4.02. The van der Waals surface area contributed by atoms with E-state index in [4.69, 9.17) is 11.6 Å². The Labute approximate surface area is 62.4 Å². The lowest BCUT2D eigenvalue weighted by atomic mass is 10.1. The van der Waals surface area contributed by atoms with Gasteiger partial charge in [-0.3, -0.25) is 0 Å². The van der Waals surface area contributed by atoms with Crippen molar-refractivity contribution in [2.75, 3.05) is 0 Å². The molecule has 0 radical (unpaired) electrons. The Hall–Kier alpha value is 0.0800. The molecule has 0 amide bonds. The van der Waals surface area contributed by atoms with Gasteiger partial charge in [-0.15, -0.1) is 11.6 Å². The first-order valence-corrected chi connectivity index (χ1v) is 3.64. The molecule has 1 aliphatic carbocycles. The van der Waals surface area contributed by atoms with Gasteiger partial charge in [0.2, 0.25) is 0 Å². The molecule has 1 rings (SSSR count). The lowest BCUT2D eigenvalue weighted by molar-refractivity contribution is -0.172. The summed E-state index contributed by atoms with van der Waals surface area (Å²) in [7, 11) is 0. The molecule has 0 unspecified atom stereocenters. The Balaban J connectivity index is 2.45. The van der Waals surface area contributed by atoms with Crippen LogP contribution in [0.25, 0.3) is 0 Å². The van der Waals surface area contributed by atoms with Crippen molar-refractivity contribution in [3.8, 4) is 0 Å². The summed E-state index contributed by atoms with van der Waals surface area (Å²) < 4.78 is 35.6. The Morgan fingerprint density at radius 3 is 2.00 bits per heavy atom. The summed E-state index contributed by atoms with van der Waals surface area (Å²) in [5, 5.41) is -0.258. The van der Waals surface area contributed by atoms with Crippen molar-refractivity contribution in [3.05, 3.63) is 0 Å². The minimum Gasteiger partial charge on any atom is -0.171 e. The summed E-state index contributed by atoms with van der Waals surface area (Å²) in [6.45, 7) is 0. The molecule has 0 heterocycles. The van der Waals surface area contributed by atoms with Crippen LogP contribution in [-0.2, 0) is 0 Å². The highest BCUT2D eigenvalue weighted by Crippen LogP contribution is 2.40. The van der Waals surface area contributed by atoms with E-state index in [1.165, 1.54) is 0 Å². The van der Waals surface area contributed by atoms with E-state index < -0.39 is 12.1 Å². The van der Waals surface area contributed by atoms with Crippen LogP contribution in [0.4, 0.5) is 13.2 Å². The SMILES string of the molecule is FC(F)(F)[C@@H]1CC[C@H](Cl)C1. The molecule has 2 atom stereocenters. The van der Waals surface area contributed by atoms with Gasteiger partial charge in [0.05, 0.1) is 5.92 Å². The van der Waals surface area contributed by atoms with Crippen molar-refractivity contribution >= 4 is 11.6 Å². The van der Waals surface area contributed by atoms with Crippen LogP contribution in [0.1, 0.15) is 19.3 Å². The van der Waals surface area contributed by atoms with E-state index in [9.17, 15) is 13.2 Å². The van der Waals surface area contributed by atoms with Gasteiger partial charge in [0, 0.05) is 5.38 Å². The summed E-state index contributed by atoms with van der Waals surface area (Å²) in [5.74, 6) is -1.14. The van der Waals surface area contributed by atoms with Gasteiger partial charge in [-0.1, -0.05) is 0 Å². The van der Waals surface area contributed by atoms with Crippen molar-refractivity contribution in [1.29, 1.82) is 0 Å². The normalized spacial score (nSPS) is 34.8. The van der Waals surface area contributed by atoms with Gasteiger partial charge in [-0.25, -0.2) is 0 Å². The van der Waals surface area contributed by atoms with Crippen LogP contribution in [0.15, 0.2) is 0 Å². The molecule has 0 aromatic rings. The van der Waals surface area contributed by atoms with Gasteiger partial charge >= 0.3 is 6.18 Å². The molecular weight excluding hydrogens is 165 g/mol. The summed E-state index contributed by atoms with van der Waals surface area (Å²) in [4.78, 5) is 0. The van der Waals surface area contributed by atoms with Crippen molar-refractivity contribution < 1.29 is 13.2 Å². The molecule has 0 bridgehead atoms. The van der Waals surface area contributed by atoms with Crippen LogP contribution >= 0.6 is 11.6 Å². The fourth-order valence-corrected chi connectivity index (χ4v) is 1.56. The Morgan fingerprint density at radius 1 is 1.20 bits per heavy atom. The molecule has 0 aromatic heterocycles. The summed E-state index contributed by atoms with van der Waals surface area (Å²) in [5.41, 5.74) is 0. The number of hydrogen-bond donors (Lipinski definition) is 0. The maximum atomic E-state index is 11.9. The summed E-state index contributed by atoms with van der Waals surface area (Å²) in [6.07, 6.45) is -3.21. The first kappa shape index (κ1) is 8.18. The standard InChI is InChI=1S/C6H8ClF3/c7-5-2-1-4(3-5)6(8,9)10/h4-5H,1-3H2/t4-,5+/m1/s1. The Bertz CT molecular complexity index is 121. The Kier molecular flexibility index (Phi) is 2.13. The van der Waals surface area contributed by atoms with Crippen LogP contribution < -0.4 is 0 Å². The predicted octanol–water partition coefficient (Wildman–Crippen LogP) is 2.96. The van der Waals surface area contributed by atoms with Crippen molar-refractivity contribution in [3.63, 3.8) is 0 Å². The molecule has 60 valence electrons. The molecular formula is C6H8ClF3. The number of halogens is 4. The van der Waals surface area contributed by atoms with Gasteiger partial charge in [-0.05, 0) is 19.3 Å². The van der Waals surface area contributed by atoms with Gasteiger partial charge in [0.1, 0.15) is 0 Å². The number of hydrogen-bond acceptors (Lipinski definition) is 0. The van der Waals surface area contributed by atoms with E-state index in [2.05, 4.69) is 0 Å². The average Bonchev–Trinajstić information content (AvgIpc) is 2.11. The predicted molar refractivity (Wildman–Crippen MR) is 33.0 cm³/mol. The zero-order valence-corrected chi connectivity index (χ0v) is 6.04. The lowest BCUT2D eigenvalue weighted by Gasteiger charge is -2.12. The zero-order chi connectivity index (χ0) is 7.78. The molecule has 0 aliphatic heterocycles. The number of rotatable bonds is 0. The minimum absolute atomic E-state index is 0.102. The highest BCUT2D eigenvalue weighted by atomic mass is 35.5. The van der Waals surface area contributed by atoms with Crippen molar-refractivity contribution in [1.82, 2.24) is 0 Å². The van der Waals surface area contributed by atoms with Crippen LogP contribution in [0, 0.1) is 5.92 Å². The van der Waals surface area contributed by atoms with Crippen LogP contribution in [0.3, 0.4) is 0 Å². The van der Waals surface area contributed by atoms with E-state index >= 15 is 0 Å². The van der Waals surface area contributed by atoms with Gasteiger partial charge in [-0.2, -0.15) is 13.2 Å². The maximum Gasteiger partial charge on any atom is 0.391 e. The quantitative estimate of drug-likeness (QED) is 0.493. The molecule has 1 aliphatic rings. The summed E-state index contributed by atoms with van der Waals surface area (Å²) in [6, 6.07) is 0. The first-order valence-electron chi connectivity index (χ1n) is 3.21. The molecule has 0 N–H and O–H groups in total. The molecule has 0 nitrogen and oxygen atoms in total. The van der Waals surface area contributed by atoms with Gasteiger partial charge < -0.3 is 0 Å². The fourth-order valence-electron chi connectivity index (χ4n) is 1.22. The Morgan fingerprint density at radius 2 is 1.80 bits per heavy atom. The van der Waals surface area contributed by atoms with Gasteiger partial charge in [0.25, 0.3) is 0 Å². The molecule has 0 aromatic carbocycles. The van der Waals surface area contributed by atoms with E-state index in [1.807, 2.05) is 0 Å². The van der Waals surface area contributed by atoms with E-state index in [-0.39, 0.29) is 18.2 Å².